The number of guanidine groups is 1. The van der Waals surface area contributed by atoms with Crippen LogP contribution in [0, 0.1) is 5.41 Å². The van der Waals surface area contributed by atoms with Gasteiger partial charge in [-0.2, -0.15) is 5.10 Å². The van der Waals surface area contributed by atoms with Crippen molar-refractivity contribution in [2.45, 2.75) is 46.2 Å². The van der Waals surface area contributed by atoms with E-state index in [4.69, 9.17) is 0 Å². The van der Waals surface area contributed by atoms with Crippen molar-refractivity contribution in [2.24, 2.45) is 10.4 Å². The number of nitrogens with zero attached hydrogens (tertiary/aromatic N) is 4. The van der Waals surface area contributed by atoms with Gasteiger partial charge in [-0.05, 0) is 27.2 Å². The number of aliphatic imine (C=N–C) groups is 1. The van der Waals surface area contributed by atoms with Crippen LogP contribution in [0.3, 0.4) is 0 Å². The van der Waals surface area contributed by atoms with E-state index in [1.165, 1.54) is 0 Å². The topological polar surface area (TPSA) is 96.2 Å². The predicted octanol–water partition coefficient (Wildman–Crippen LogP) is 0.538. The molecule has 3 N–H and O–H groups in total. The van der Waals surface area contributed by atoms with Gasteiger partial charge in [0, 0.05) is 32.6 Å². The van der Waals surface area contributed by atoms with E-state index in [2.05, 4.69) is 31.0 Å². The van der Waals surface area contributed by atoms with E-state index in [1.54, 1.807) is 13.4 Å². The Bertz CT molecular complexity index is 570. The Morgan fingerprint density at radius 3 is 2.88 bits per heavy atom. The monoisotopic (exact) mass is 449 g/mol. The quantitative estimate of drug-likeness (QED) is 0.347. The molecule has 9 heteroatoms. The lowest BCUT2D eigenvalue weighted by Crippen LogP contribution is -2.51. The van der Waals surface area contributed by atoms with E-state index in [1.807, 2.05) is 25.5 Å². The molecular weight excluding hydrogens is 421 g/mol. The lowest BCUT2D eigenvalue weighted by molar-refractivity contribution is -0.128. The highest BCUT2D eigenvalue weighted by Crippen LogP contribution is 2.14. The molecular formula is C15H28IN7O. The minimum atomic E-state index is -0.501. The fraction of sp³-hybridized carbons (Fsp3) is 0.733. The molecule has 8 nitrogen and oxygen atoms in total. The van der Waals surface area contributed by atoms with Crippen LogP contribution in [0.5, 0.6) is 0 Å². The van der Waals surface area contributed by atoms with Crippen molar-refractivity contribution < 1.29 is 4.79 Å². The molecule has 24 heavy (non-hydrogen) atoms. The van der Waals surface area contributed by atoms with E-state index < -0.39 is 5.41 Å². The number of amides is 1. The molecule has 1 atom stereocenters. The SMILES string of the molecule is CCNC(=O)C(C)(C)CNC(=NC)NC1CCc2ncnn2C1.I. The van der Waals surface area contributed by atoms with Crippen molar-refractivity contribution in [1.82, 2.24) is 30.7 Å². The Balaban J connectivity index is 0.00000288. The molecule has 1 aromatic rings. The van der Waals surface area contributed by atoms with Crippen molar-refractivity contribution in [2.75, 3.05) is 20.1 Å². The smallest absolute Gasteiger partial charge is 0.227 e. The van der Waals surface area contributed by atoms with E-state index in [0.717, 1.165) is 25.2 Å². The average molecular weight is 449 g/mol. The third-order valence-corrected chi connectivity index (χ3v) is 4.02. The number of aromatic nitrogens is 3. The molecule has 0 saturated carbocycles. The number of rotatable bonds is 5. The lowest BCUT2D eigenvalue weighted by Gasteiger charge is -2.28. The maximum Gasteiger partial charge on any atom is 0.227 e. The fourth-order valence-corrected chi connectivity index (χ4v) is 2.53. The first-order valence-corrected chi connectivity index (χ1v) is 8.08. The Labute approximate surface area is 160 Å². The predicted molar refractivity (Wildman–Crippen MR) is 105 cm³/mol. The number of carbonyl (C=O) groups is 1. The first kappa shape index (κ1) is 20.7. The molecule has 1 aliphatic rings. The summed E-state index contributed by atoms with van der Waals surface area (Å²) in [6, 6.07) is 0.253. The second-order valence-electron chi connectivity index (χ2n) is 6.41. The van der Waals surface area contributed by atoms with Crippen molar-refractivity contribution in [3.05, 3.63) is 12.2 Å². The van der Waals surface area contributed by atoms with Crippen LogP contribution in [-0.4, -0.2) is 52.8 Å². The van der Waals surface area contributed by atoms with Crippen molar-refractivity contribution in [1.29, 1.82) is 0 Å². The van der Waals surface area contributed by atoms with Gasteiger partial charge in [-0.15, -0.1) is 24.0 Å². The molecule has 1 aliphatic heterocycles. The Morgan fingerprint density at radius 1 is 1.46 bits per heavy atom. The fourth-order valence-electron chi connectivity index (χ4n) is 2.53. The van der Waals surface area contributed by atoms with Gasteiger partial charge in [0.05, 0.1) is 12.0 Å². The molecule has 0 saturated heterocycles. The maximum absolute atomic E-state index is 12.0. The van der Waals surface area contributed by atoms with Gasteiger partial charge in [0.1, 0.15) is 12.2 Å². The maximum atomic E-state index is 12.0. The second kappa shape index (κ2) is 9.19. The highest BCUT2D eigenvalue weighted by Gasteiger charge is 2.28. The van der Waals surface area contributed by atoms with Gasteiger partial charge in [0.15, 0.2) is 5.96 Å². The van der Waals surface area contributed by atoms with Gasteiger partial charge in [0.25, 0.3) is 0 Å². The summed E-state index contributed by atoms with van der Waals surface area (Å²) in [5.41, 5.74) is -0.501. The zero-order chi connectivity index (χ0) is 16.9. The molecule has 0 bridgehead atoms. The zero-order valence-electron chi connectivity index (χ0n) is 14.8. The third kappa shape index (κ3) is 5.32. The van der Waals surface area contributed by atoms with Gasteiger partial charge in [-0.3, -0.25) is 9.79 Å². The van der Waals surface area contributed by atoms with Crippen LogP contribution in [0.2, 0.25) is 0 Å². The molecule has 0 spiro atoms. The summed E-state index contributed by atoms with van der Waals surface area (Å²) in [7, 11) is 1.73. The number of hydrogen-bond acceptors (Lipinski definition) is 4. The second-order valence-corrected chi connectivity index (χ2v) is 6.41. The molecule has 0 fully saturated rings. The van der Waals surface area contributed by atoms with Crippen LogP contribution in [0.25, 0.3) is 0 Å². The van der Waals surface area contributed by atoms with Crippen LogP contribution in [0.1, 0.15) is 33.0 Å². The number of hydrogen-bond donors (Lipinski definition) is 3. The molecule has 1 aromatic heterocycles. The Kier molecular flexibility index (Phi) is 7.91. The summed E-state index contributed by atoms with van der Waals surface area (Å²) >= 11 is 0. The average Bonchev–Trinajstić information content (AvgIpc) is 2.99. The van der Waals surface area contributed by atoms with Crippen molar-refractivity contribution >= 4 is 35.8 Å². The molecule has 1 amide bonds. The van der Waals surface area contributed by atoms with Gasteiger partial charge in [-0.1, -0.05) is 0 Å². The van der Waals surface area contributed by atoms with Crippen molar-refractivity contribution in [3.63, 3.8) is 0 Å². The number of halogens is 1. The minimum absolute atomic E-state index is 0. The van der Waals surface area contributed by atoms with Gasteiger partial charge in [-0.25, -0.2) is 9.67 Å². The van der Waals surface area contributed by atoms with E-state index in [9.17, 15) is 4.79 Å². The minimum Gasteiger partial charge on any atom is -0.356 e. The summed E-state index contributed by atoms with van der Waals surface area (Å²) < 4.78 is 1.92. The number of carbonyl (C=O) groups excluding carboxylic acids is 1. The highest BCUT2D eigenvalue weighted by molar-refractivity contribution is 14.0. The summed E-state index contributed by atoms with van der Waals surface area (Å²) in [6.45, 7) is 7.68. The zero-order valence-corrected chi connectivity index (χ0v) is 17.1. The largest absolute Gasteiger partial charge is 0.356 e. The molecule has 1 unspecified atom stereocenters. The van der Waals surface area contributed by atoms with Gasteiger partial charge >= 0.3 is 0 Å². The molecule has 2 heterocycles. The lowest BCUT2D eigenvalue weighted by atomic mass is 9.92. The molecule has 0 aliphatic carbocycles. The number of fused-ring (bicyclic) bond motifs is 1. The third-order valence-electron chi connectivity index (χ3n) is 4.02. The van der Waals surface area contributed by atoms with Crippen LogP contribution >= 0.6 is 24.0 Å². The summed E-state index contributed by atoms with van der Waals surface area (Å²) in [6.07, 6.45) is 3.48. The van der Waals surface area contributed by atoms with Crippen molar-refractivity contribution in [3.8, 4) is 0 Å². The summed E-state index contributed by atoms with van der Waals surface area (Å²) in [5, 5.41) is 13.7. The standard InChI is InChI=1S/C15H27N7O.HI/c1-5-17-13(23)15(2,3)9-18-14(16-4)21-11-6-7-12-19-10-20-22(12)8-11;/h10-11H,5-9H2,1-4H3,(H,17,23)(H2,16,18,21);1H. The van der Waals surface area contributed by atoms with Crippen LogP contribution < -0.4 is 16.0 Å². The Hall–Kier alpha value is -1.39. The number of aryl methyl sites for hydroxylation is 1. The molecule has 0 radical (unpaired) electrons. The first-order valence-electron chi connectivity index (χ1n) is 8.08. The number of nitrogens with one attached hydrogen (secondary N) is 3. The van der Waals surface area contributed by atoms with E-state index >= 15 is 0 Å². The molecule has 0 aromatic carbocycles. The normalized spacial score (nSPS) is 17.5. The van der Waals surface area contributed by atoms with Crippen LogP contribution in [0.15, 0.2) is 11.3 Å². The summed E-state index contributed by atoms with van der Waals surface area (Å²) in [4.78, 5) is 20.5. The molecule has 2 rings (SSSR count). The summed E-state index contributed by atoms with van der Waals surface area (Å²) in [5.74, 6) is 1.77. The van der Waals surface area contributed by atoms with Gasteiger partial charge < -0.3 is 16.0 Å². The molecule has 136 valence electrons. The van der Waals surface area contributed by atoms with Crippen LogP contribution in [0.4, 0.5) is 0 Å². The van der Waals surface area contributed by atoms with Gasteiger partial charge in [0.2, 0.25) is 5.91 Å². The van der Waals surface area contributed by atoms with E-state index in [-0.39, 0.29) is 35.9 Å². The van der Waals surface area contributed by atoms with Crippen LogP contribution in [-0.2, 0) is 17.8 Å². The highest BCUT2D eigenvalue weighted by atomic mass is 127. The van der Waals surface area contributed by atoms with E-state index in [0.29, 0.717) is 19.0 Å². The first-order chi connectivity index (χ1) is 11.0. The Morgan fingerprint density at radius 2 is 2.21 bits per heavy atom.